The molecule has 0 amide bonds. The van der Waals surface area contributed by atoms with Gasteiger partial charge in [-0.05, 0) is 30.5 Å². The quantitative estimate of drug-likeness (QED) is 0.841. The van der Waals surface area contributed by atoms with Crippen LogP contribution in [-0.2, 0) is 11.6 Å². The van der Waals surface area contributed by atoms with Crippen LogP contribution >= 0.6 is 0 Å². The number of benzene rings is 1. The summed E-state index contributed by atoms with van der Waals surface area (Å²) in [6.45, 7) is 0.342. The molecule has 0 atom stereocenters. The van der Waals surface area contributed by atoms with Gasteiger partial charge in [0.1, 0.15) is 5.75 Å². The summed E-state index contributed by atoms with van der Waals surface area (Å²) in [6.07, 6.45) is -1.92. The predicted molar refractivity (Wildman–Crippen MR) is 57.7 cm³/mol. The zero-order chi connectivity index (χ0) is 12.7. The third-order valence-electron chi connectivity index (χ3n) is 3.62. The minimum absolute atomic E-state index is 0.326. The van der Waals surface area contributed by atoms with Gasteiger partial charge in [0.25, 0.3) is 0 Å². The Morgan fingerprint density at radius 1 is 1.29 bits per heavy atom. The first kappa shape index (κ1) is 12.2. The highest BCUT2D eigenvalue weighted by molar-refractivity contribution is 5.42. The summed E-state index contributed by atoms with van der Waals surface area (Å²) in [5.41, 5.74) is 4.93. The van der Waals surface area contributed by atoms with Crippen molar-refractivity contribution >= 4 is 0 Å². The second-order valence-electron chi connectivity index (χ2n) is 4.57. The summed E-state index contributed by atoms with van der Waals surface area (Å²) in [5.74, 6) is -0.729. The molecule has 0 heterocycles. The van der Waals surface area contributed by atoms with Crippen LogP contribution in [0.3, 0.4) is 0 Å². The lowest BCUT2D eigenvalue weighted by Crippen LogP contribution is -2.41. The van der Waals surface area contributed by atoms with E-state index < -0.39 is 17.5 Å². The molecular formula is C12H14F3NO. The van der Waals surface area contributed by atoms with Gasteiger partial charge in [0, 0.05) is 12.0 Å². The largest absolute Gasteiger partial charge is 0.507 e. The van der Waals surface area contributed by atoms with Gasteiger partial charge in [-0.1, -0.05) is 12.5 Å². The van der Waals surface area contributed by atoms with Crippen LogP contribution in [0.4, 0.5) is 13.2 Å². The lowest BCUT2D eigenvalue weighted by Gasteiger charge is -2.41. The van der Waals surface area contributed by atoms with Gasteiger partial charge in [0.05, 0.1) is 5.56 Å². The summed E-state index contributed by atoms with van der Waals surface area (Å²) < 4.78 is 38.0. The van der Waals surface area contributed by atoms with Crippen molar-refractivity contribution in [3.05, 3.63) is 29.3 Å². The SMILES string of the molecule is NCC1(c2ccc(O)c(C(F)(F)F)c2)CCC1. The topological polar surface area (TPSA) is 46.2 Å². The number of aromatic hydroxyl groups is 1. The Bertz CT molecular complexity index is 419. The standard InChI is InChI=1S/C12H14F3NO/c13-12(14,15)9-6-8(2-3-10(9)17)11(7-16)4-1-5-11/h2-3,6,17H,1,4-5,7,16H2. The van der Waals surface area contributed by atoms with Crippen LogP contribution in [-0.4, -0.2) is 11.7 Å². The summed E-state index contributed by atoms with van der Waals surface area (Å²) in [5, 5.41) is 9.25. The van der Waals surface area contributed by atoms with Gasteiger partial charge in [-0.25, -0.2) is 0 Å². The molecule has 1 aromatic rings. The second kappa shape index (κ2) is 3.91. The molecule has 1 aromatic carbocycles. The molecule has 0 aromatic heterocycles. The highest BCUT2D eigenvalue weighted by Gasteiger charge is 2.40. The Balaban J connectivity index is 2.44. The van der Waals surface area contributed by atoms with Crippen molar-refractivity contribution in [3.63, 3.8) is 0 Å². The Labute approximate surface area is 97.2 Å². The fourth-order valence-electron chi connectivity index (χ4n) is 2.31. The molecule has 1 saturated carbocycles. The molecule has 1 fully saturated rings. The molecule has 0 saturated heterocycles. The molecule has 5 heteroatoms. The predicted octanol–water partition coefficient (Wildman–Crippen LogP) is 2.79. The van der Waals surface area contributed by atoms with Crippen LogP contribution in [0.25, 0.3) is 0 Å². The van der Waals surface area contributed by atoms with Crippen molar-refractivity contribution in [1.82, 2.24) is 0 Å². The van der Waals surface area contributed by atoms with Crippen LogP contribution in [0.5, 0.6) is 5.75 Å². The first-order valence-electron chi connectivity index (χ1n) is 5.50. The fourth-order valence-corrected chi connectivity index (χ4v) is 2.31. The van der Waals surface area contributed by atoms with E-state index in [2.05, 4.69) is 0 Å². The monoisotopic (exact) mass is 245 g/mol. The molecule has 0 spiro atoms. The van der Waals surface area contributed by atoms with Gasteiger partial charge < -0.3 is 10.8 Å². The van der Waals surface area contributed by atoms with E-state index in [1.807, 2.05) is 0 Å². The number of alkyl halides is 3. The fraction of sp³-hybridized carbons (Fsp3) is 0.500. The normalized spacial score (nSPS) is 18.8. The molecule has 0 bridgehead atoms. The van der Waals surface area contributed by atoms with Crippen molar-refractivity contribution in [2.75, 3.05) is 6.54 Å². The van der Waals surface area contributed by atoms with Crippen molar-refractivity contribution in [2.45, 2.75) is 30.9 Å². The van der Waals surface area contributed by atoms with Gasteiger partial charge in [0.2, 0.25) is 0 Å². The molecule has 0 unspecified atom stereocenters. The zero-order valence-corrected chi connectivity index (χ0v) is 9.22. The van der Waals surface area contributed by atoms with E-state index in [0.29, 0.717) is 12.1 Å². The number of rotatable bonds is 2. The number of nitrogens with two attached hydrogens (primary N) is 1. The first-order valence-corrected chi connectivity index (χ1v) is 5.50. The van der Waals surface area contributed by atoms with E-state index >= 15 is 0 Å². The number of phenols is 1. The second-order valence-corrected chi connectivity index (χ2v) is 4.57. The van der Waals surface area contributed by atoms with E-state index in [9.17, 15) is 18.3 Å². The maximum absolute atomic E-state index is 12.7. The van der Waals surface area contributed by atoms with Crippen LogP contribution in [0.2, 0.25) is 0 Å². The summed E-state index contributed by atoms with van der Waals surface area (Å²) >= 11 is 0. The minimum atomic E-state index is -4.53. The van der Waals surface area contributed by atoms with Crippen LogP contribution in [0.1, 0.15) is 30.4 Å². The van der Waals surface area contributed by atoms with E-state index in [1.165, 1.54) is 6.07 Å². The number of hydrogen-bond acceptors (Lipinski definition) is 2. The maximum atomic E-state index is 12.7. The van der Waals surface area contributed by atoms with Gasteiger partial charge in [-0.15, -0.1) is 0 Å². The van der Waals surface area contributed by atoms with Crippen molar-refractivity contribution in [1.29, 1.82) is 0 Å². The van der Waals surface area contributed by atoms with Crippen LogP contribution in [0, 0.1) is 0 Å². The summed E-state index contributed by atoms with van der Waals surface area (Å²) in [6, 6.07) is 3.67. The molecule has 0 radical (unpaired) electrons. The maximum Gasteiger partial charge on any atom is 0.419 e. The summed E-state index contributed by atoms with van der Waals surface area (Å²) in [7, 11) is 0. The zero-order valence-electron chi connectivity index (χ0n) is 9.22. The van der Waals surface area contributed by atoms with Crippen molar-refractivity contribution in [2.24, 2.45) is 5.73 Å². The molecular weight excluding hydrogens is 231 g/mol. The molecule has 0 aliphatic heterocycles. The van der Waals surface area contributed by atoms with Gasteiger partial charge >= 0.3 is 6.18 Å². The average molecular weight is 245 g/mol. The Kier molecular flexibility index (Phi) is 2.81. The van der Waals surface area contributed by atoms with E-state index in [-0.39, 0.29) is 5.41 Å². The Hall–Kier alpha value is -1.23. The van der Waals surface area contributed by atoms with Gasteiger partial charge in [-0.2, -0.15) is 13.2 Å². The average Bonchev–Trinajstić information content (AvgIpc) is 2.17. The highest BCUT2D eigenvalue weighted by atomic mass is 19.4. The van der Waals surface area contributed by atoms with E-state index in [0.717, 1.165) is 31.4 Å². The Morgan fingerprint density at radius 2 is 1.94 bits per heavy atom. The smallest absolute Gasteiger partial charge is 0.419 e. The molecule has 2 rings (SSSR count). The van der Waals surface area contributed by atoms with Crippen molar-refractivity contribution < 1.29 is 18.3 Å². The summed E-state index contributed by atoms with van der Waals surface area (Å²) in [4.78, 5) is 0. The van der Waals surface area contributed by atoms with E-state index in [1.54, 1.807) is 0 Å². The molecule has 2 nitrogen and oxygen atoms in total. The number of hydrogen-bond donors (Lipinski definition) is 2. The third kappa shape index (κ3) is 1.99. The molecule has 3 N–H and O–H groups in total. The highest BCUT2D eigenvalue weighted by Crippen LogP contribution is 2.45. The lowest BCUT2D eigenvalue weighted by atomic mass is 9.64. The number of phenolic OH excluding ortho intramolecular Hbond substituents is 1. The molecule has 1 aliphatic rings. The van der Waals surface area contributed by atoms with E-state index in [4.69, 9.17) is 5.73 Å². The van der Waals surface area contributed by atoms with Crippen LogP contribution in [0.15, 0.2) is 18.2 Å². The lowest BCUT2D eigenvalue weighted by molar-refractivity contribution is -0.138. The van der Waals surface area contributed by atoms with Gasteiger partial charge in [-0.3, -0.25) is 0 Å². The third-order valence-corrected chi connectivity index (χ3v) is 3.62. The first-order chi connectivity index (χ1) is 7.89. The molecule has 1 aliphatic carbocycles. The Morgan fingerprint density at radius 3 is 2.35 bits per heavy atom. The minimum Gasteiger partial charge on any atom is -0.507 e. The van der Waals surface area contributed by atoms with Crippen molar-refractivity contribution in [3.8, 4) is 5.75 Å². The number of halogens is 3. The molecule has 94 valence electrons. The van der Waals surface area contributed by atoms with Crippen LogP contribution < -0.4 is 5.73 Å². The molecule has 17 heavy (non-hydrogen) atoms. The van der Waals surface area contributed by atoms with Gasteiger partial charge in [0.15, 0.2) is 0 Å².